The predicted molar refractivity (Wildman–Crippen MR) is 115 cm³/mol. The Morgan fingerprint density at radius 2 is 2.07 bits per heavy atom. The summed E-state index contributed by atoms with van der Waals surface area (Å²) in [6, 6.07) is 4.30. The highest BCUT2D eigenvalue weighted by Crippen LogP contribution is 2.39. The summed E-state index contributed by atoms with van der Waals surface area (Å²) < 4.78 is 19.5. The molecule has 5 heteroatoms. The zero-order valence-corrected chi connectivity index (χ0v) is 18.1. The minimum Gasteiger partial charge on any atom is -0.466 e. The van der Waals surface area contributed by atoms with Crippen LogP contribution in [-0.2, 0) is 16.0 Å². The van der Waals surface area contributed by atoms with Gasteiger partial charge in [0.15, 0.2) is 0 Å². The Labute approximate surface area is 172 Å². The molecular weight excluding hydrogens is 377 g/mol. The quantitative estimate of drug-likeness (QED) is 0.317. The fourth-order valence-electron chi connectivity index (χ4n) is 3.52. The van der Waals surface area contributed by atoms with E-state index in [2.05, 4.69) is 29.6 Å². The topological polar surface area (TPSA) is 29.5 Å². The van der Waals surface area contributed by atoms with Gasteiger partial charge in [-0.1, -0.05) is 24.6 Å². The van der Waals surface area contributed by atoms with Crippen molar-refractivity contribution < 1.29 is 13.9 Å². The number of carbonyl (C=O) groups is 1. The van der Waals surface area contributed by atoms with E-state index in [0.717, 1.165) is 30.6 Å². The summed E-state index contributed by atoms with van der Waals surface area (Å²) in [6.45, 7) is 8.95. The van der Waals surface area contributed by atoms with Crippen molar-refractivity contribution in [2.24, 2.45) is 0 Å². The molecule has 1 heterocycles. The molecule has 1 aliphatic heterocycles. The van der Waals surface area contributed by atoms with Crippen LogP contribution < -0.4 is 4.90 Å². The second-order valence-corrected chi connectivity index (χ2v) is 7.69. The van der Waals surface area contributed by atoms with E-state index < -0.39 is 5.97 Å². The normalized spacial score (nSPS) is 15.7. The summed E-state index contributed by atoms with van der Waals surface area (Å²) in [7, 11) is 1.31. The van der Waals surface area contributed by atoms with Crippen molar-refractivity contribution in [3.05, 3.63) is 57.9 Å². The summed E-state index contributed by atoms with van der Waals surface area (Å²) in [4.78, 5) is 13.6. The molecule has 0 N–H and O–H groups in total. The number of anilines is 1. The van der Waals surface area contributed by atoms with E-state index in [-0.39, 0.29) is 5.83 Å². The van der Waals surface area contributed by atoms with Gasteiger partial charge in [-0.2, -0.15) is 0 Å². The van der Waals surface area contributed by atoms with Crippen molar-refractivity contribution in [2.75, 3.05) is 18.6 Å². The van der Waals surface area contributed by atoms with Crippen LogP contribution in [0.4, 0.5) is 10.1 Å². The third-order valence-electron chi connectivity index (χ3n) is 4.93. The Hall–Kier alpha value is -2.07. The summed E-state index contributed by atoms with van der Waals surface area (Å²) in [5.74, 6) is -0.786. The summed E-state index contributed by atoms with van der Waals surface area (Å²) >= 11 is 6.63. The lowest BCUT2D eigenvalue weighted by atomic mass is 9.94. The first-order chi connectivity index (χ1) is 13.3. The molecule has 0 spiro atoms. The van der Waals surface area contributed by atoms with Crippen molar-refractivity contribution in [3.63, 3.8) is 0 Å². The Bertz CT molecular complexity index is 824. The molecule has 2 rings (SSSR count). The molecule has 0 bridgehead atoms. The van der Waals surface area contributed by atoms with Crippen LogP contribution in [0, 0.1) is 0 Å². The minimum atomic E-state index is -0.460. The molecule has 0 radical (unpaired) electrons. The van der Waals surface area contributed by atoms with Gasteiger partial charge in [-0.3, -0.25) is 0 Å². The van der Waals surface area contributed by atoms with Gasteiger partial charge < -0.3 is 9.64 Å². The van der Waals surface area contributed by atoms with Gasteiger partial charge in [-0.25, -0.2) is 9.18 Å². The maximum atomic E-state index is 14.9. The lowest BCUT2D eigenvalue weighted by Gasteiger charge is -2.35. The van der Waals surface area contributed by atoms with E-state index in [1.807, 2.05) is 13.0 Å². The Morgan fingerprint density at radius 3 is 2.68 bits per heavy atom. The fraction of sp³-hybridized carbons (Fsp3) is 0.435. The molecule has 0 aliphatic carbocycles. The number of benzene rings is 1. The number of hydrogen-bond donors (Lipinski definition) is 0. The predicted octanol–water partition coefficient (Wildman–Crippen LogP) is 6.27. The number of halogens is 2. The summed E-state index contributed by atoms with van der Waals surface area (Å²) in [6.07, 6.45) is 6.84. The largest absolute Gasteiger partial charge is 0.466 e. The highest BCUT2D eigenvalue weighted by atomic mass is 35.5. The van der Waals surface area contributed by atoms with E-state index in [9.17, 15) is 9.18 Å². The average molecular weight is 406 g/mol. The standard InChI is InChI=1S/C23H29ClFNO2/c1-6-19(21(25)10-9-16(4)12-22(27)28-5)18-13-17-8-7-11-26(15(2)3)23(17)20(24)14-18/h9-10,12-15H,6-8,11H2,1-5H3/b10-9+,16-12+,21-19+. The van der Waals surface area contributed by atoms with Crippen molar-refractivity contribution in [2.45, 2.75) is 53.0 Å². The molecule has 3 nitrogen and oxygen atoms in total. The summed E-state index contributed by atoms with van der Waals surface area (Å²) in [5.41, 5.74) is 4.29. The third kappa shape index (κ3) is 5.26. The Morgan fingerprint density at radius 1 is 1.36 bits per heavy atom. The number of nitrogens with zero attached hydrogens (tertiary/aromatic N) is 1. The summed E-state index contributed by atoms with van der Waals surface area (Å²) in [5, 5.41) is 0.672. The van der Waals surface area contributed by atoms with Crippen molar-refractivity contribution in [1.29, 1.82) is 0 Å². The molecule has 0 atom stereocenters. The van der Waals surface area contributed by atoms with Gasteiger partial charge in [0.1, 0.15) is 5.83 Å². The molecule has 152 valence electrons. The molecule has 28 heavy (non-hydrogen) atoms. The number of ether oxygens (including phenoxy) is 1. The number of esters is 1. The van der Waals surface area contributed by atoms with Gasteiger partial charge in [0.05, 0.1) is 17.8 Å². The van der Waals surface area contributed by atoms with E-state index in [4.69, 9.17) is 11.6 Å². The number of carbonyl (C=O) groups excluding carboxylic acids is 1. The molecule has 0 unspecified atom stereocenters. The van der Waals surface area contributed by atoms with Crippen LogP contribution in [0.1, 0.15) is 51.7 Å². The van der Waals surface area contributed by atoms with Crippen LogP contribution in [0.3, 0.4) is 0 Å². The van der Waals surface area contributed by atoms with Gasteiger partial charge in [-0.15, -0.1) is 0 Å². The lowest BCUT2D eigenvalue weighted by Crippen LogP contribution is -2.35. The molecule has 1 aromatic rings. The highest BCUT2D eigenvalue weighted by Gasteiger charge is 2.23. The van der Waals surface area contributed by atoms with Crippen molar-refractivity contribution >= 4 is 28.8 Å². The van der Waals surface area contributed by atoms with Gasteiger partial charge in [0.2, 0.25) is 0 Å². The number of fused-ring (bicyclic) bond motifs is 1. The van der Waals surface area contributed by atoms with E-state index in [0.29, 0.717) is 28.6 Å². The maximum absolute atomic E-state index is 14.9. The minimum absolute atomic E-state index is 0.326. The fourth-order valence-corrected chi connectivity index (χ4v) is 3.87. The number of allylic oxidation sites excluding steroid dienone is 5. The molecule has 0 fully saturated rings. The first-order valence-electron chi connectivity index (χ1n) is 9.70. The average Bonchev–Trinajstić information content (AvgIpc) is 2.66. The molecule has 1 aliphatic rings. The van der Waals surface area contributed by atoms with Crippen molar-refractivity contribution in [3.8, 4) is 0 Å². The first-order valence-corrected chi connectivity index (χ1v) is 10.1. The molecule has 0 aromatic heterocycles. The van der Waals surface area contributed by atoms with Gasteiger partial charge in [0, 0.05) is 18.7 Å². The van der Waals surface area contributed by atoms with Crippen LogP contribution in [0.15, 0.2) is 41.8 Å². The maximum Gasteiger partial charge on any atom is 0.330 e. The van der Waals surface area contributed by atoms with Crippen molar-refractivity contribution in [1.82, 2.24) is 0 Å². The number of hydrogen-bond acceptors (Lipinski definition) is 3. The van der Waals surface area contributed by atoms with Crippen LogP contribution in [0.2, 0.25) is 5.02 Å². The zero-order chi connectivity index (χ0) is 20.8. The van der Waals surface area contributed by atoms with Crippen LogP contribution >= 0.6 is 11.6 Å². The number of rotatable bonds is 6. The molecule has 0 saturated carbocycles. The first kappa shape index (κ1) is 22.2. The molecule has 0 saturated heterocycles. The highest BCUT2D eigenvalue weighted by molar-refractivity contribution is 6.33. The second kappa shape index (κ2) is 9.92. The SMILES string of the molecule is CC/C(=C(F)/C=C/C(C)=C/C(=O)OC)c1cc(Cl)c2c(c1)CCCN2C(C)C. The van der Waals surface area contributed by atoms with Crippen LogP contribution in [-0.4, -0.2) is 25.7 Å². The lowest BCUT2D eigenvalue weighted by molar-refractivity contribution is -0.134. The number of aryl methyl sites for hydroxylation is 1. The van der Waals surface area contributed by atoms with E-state index in [1.165, 1.54) is 24.8 Å². The van der Waals surface area contributed by atoms with Gasteiger partial charge in [-0.05, 0) is 80.5 Å². The van der Waals surface area contributed by atoms with Gasteiger partial charge in [0.25, 0.3) is 0 Å². The molecule has 0 amide bonds. The second-order valence-electron chi connectivity index (χ2n) is 7.28. The van der Waals surface area contributed by atoms with E-state index in [1.54, 1.807) is 13.0 Å². The Balaban J connectivity index is 2.41. The van der Waals surface area contributed by atoms with Crippen LogP contribution in [0.5, 0.6) is 0 Å². The van der Waals surface area contributed by atoms with Gasteiger partial charge >= 0.3 is 5.97 Å². The third-order valence-corrected chi connectivity index (χ3v) is 5.22. The van der Waals surface area contributed by atoms with Crippen LogP contribution in [0.25, 0.3) is 5.57 Å². The molecular formula is C23H29ClFNO2. The smallest absolute Gasteiger partial charge is 0.330 e. The Kier molecular flexibility index (Phi) is 7.88. The monoisotopic (exact) mass is 405 g/mol. The molecule has 1 aromatic carbocycles. The number of methoxy groups -OCH3 is 1. The zero-order valence-electron chi connectivity index (χ0n) is 17.3. The van der Waals surface area contributed by atoms with E-state index >= 15 is 0 Å².